The van der Waals surface area contributed by atoms with Gasteiger partial charge in [-0.05, 0) is 79.8 Å². The van der Waals surface area contributed by atoms with Crippen LogP contribution >= 0.6 is 0 Å². The molecule has 1 saturated heterocycles. The number of amides is 2. The third-order valence-corrected chi connectivity index (χ3v) is 10.1. The van der Waals surface area contributed by atoms with Crippen molar-refractivity contribution >= 4 is 39.4 Å². The standard InChI is InChI=1S/C36H43N7O6S/c1-22-12-14-29(42(22)5)33-40-39-31-15-13-24(20-43(31)33)49-30-16-17-36(21-44,26-11-9-8-10-25(26)30)38-34(45)37-27-18-23(35(2,3)4)19-28(32(27)48-6)41-50(7,46)47/h8-11,13,15-22,29-30,41H,12,14H2,1-7H3,(H2,37,38,45)/t22-,29-,30+,36+/m0/s1. The van der Waals surface area contributed by atoms with Crippen molar-refractivity contribution in [2.24, 2.45) is 0 Å². The molecule has 264 valence electrons. The summed E-state index contributed by atoms with van der Waals surface area (Å²) in [6.07, 6.45) is 8.46. The molecule has 3 heterocycles. The Kier molecular flexibility index (Phi) is 9.12. The number of ether oxygens (including phenoxy) is 2. The van der Waals surface area contributed by atoms with Crippen LogP contribution in [0.2, 0.25) is 0 Å². The second-order valence-electron chi connectivity index (χ2n) is 14.0. The highest BCUT2D eigenvalue weighted by atomic mass is 32.2. The molecule has 2 aromatic heterocycles. The Balaban J connectivity index is 1.28. The van der Waals surface area contributed by atoms with Crippen LogP contribution in [0.1, 0.15) is 75.2 Å². The first-order valence-corrected chi connectivity index (χ1v) is 18.3. The molecule has 1 aliphatic heterocycles. The zero-order valence-electron chi connectivity index (χ0n) is 29.2. The van der Waals surface area contributed by atoms with Gasteiger partial charge in [-0.25, -0.2) is 13.2 Å². The molecule has 3 N–H and O–H groups in total. The fourth-order valence-corrected chi connectivity index (χ4v) is 7.20. The van der Waals surface area contributed by atoms with Gasteiger partial charge in [-0.15, -0.1) is 10.2 Å². The van der Waals surface area contributed by atoms with Crippen molar-refractivity contribution in [3.63, 3.8) is 0 Å². The monoisotopic (exact) mass is 701 g/mol. The molecule has 0 unspecified atom stereocenters. The van der Waals surface area contributed by atoms with Crippen LogP contribution in [0, 0.1) is 0 Å². The number of urea groups is 1. The van der Waals surface area contributed by atoms with E-state index in [1.807, 2.05) is 55.6 Å². The molecule has 4 atom stereocenters. The summed E-state index contributed by atoms with van der Waals surface area (Å²) in [5.74, 6) is 1.57. The number of carbonyl (C=O) groups is 2. The number of nitrogens with one attached hydrogen (secondary N) is 3. The molecule has 2 aliphatic rings. The highest BCUT2D eigenvalue weighted by molar-refractivity contribution is 7.92. The molecular formula is C36H43N7O6S. The summed E-state index contributed by atoms with van der Waals surface area (Å²) in [6.45, 7) is 8.10. The molecule has 6 rings (SSSR count). The Bertz CT molecular complexity index is 2090. The van der Waals surface area contributed by atoms with Crippen LogP contribution in [0.3, 0.4) is 0 Å². The van der Waals surface area contributed by atoms with Crippen molar-refractivity contribution in [2.75, 3.05) is 30.5 Å². The molecule has 4 aromatic rings. The SMILES string of the molecule is COc1c(NC(=O)N[C@@]2(C=O)C=C[C@@H](Oc3ccc4nnc([C@@H]5CC[C@H](C)N5C)n4c3)c3ccccc32)cc(C(C)(C)C)cc1NS(C)(=O)=O. The number of methoxy groups -OCH3 is 1. The lowest BCUT2D eigenvalue weighted by atomic mass is 9.81. The second-order valence-corrected chi connectivity index (χ2v) is 15.8. The quantitative estimate of drug-likeness (QED) is 0.152. The van der Waals surface area contributed by atoms with E-state index in [1.54, 1.807) is 36.4 Å². The largest absolute Gasteiger partial charge is 0.492 e. The highest BCUT2D eigenvalue weighted by Gasteiger charge is 2.39. The van der Waals surface area contributed by atoms with Gasteiger partial charge in [-0.1, -0.05) is 45.0 Å². The van der Waals surface area contributed by atoms with Crippen LogP contribution in [-0.4, -0.2) is 66.7 Å². The van der Waals surface area contributed by atoms with E-state index >= 15 is 0 Å². The normalized spacial score (nSPS) is 22.2. The van der Waals surface area contributed by atoms with Gasteiger partial charge in [0, 0.05) is 11.6 Å². The summed E-state index contributed by atoms with van der Waals surface area (Å²) < 4.78 is 40.8. The maximum absolute atomic E-state index is 13.7. The van der Waals surface area contributed by atoms with Gasteiger partial charge in [-0.3, -0.25) is 18.8 Å². The van der Waals surface area contributed by atoms with Crippen LogP contribution in [0.4, 0.5) is 16.2 Å². The number of anilines is 2. The lowest BCUT2D eigenvalue weighted by Gasteiger charge is -2.34. The molecule has 0 spiro atoms. The molecule has 1 aliphatic carbocycles. The maximum atomic E-state index is 13.7. The van der Waals surface area contributed by atoms with Gasteiger partial charge < -0.3 is 20.1 Å². The molecule has 0 radical (unpaired) electrons. The van der Waals surface area contributed by atoms with E-state index in [0.717, 1.165) is 36.1 Å². The van der Waals surface area contributed by atoms with Crippen LogP contribution in [-0.2, 0) is 25.8 Å². The Morgan fingerprint density at radius 2 is 1.82 bits per heavy atom. The van der Waals surface area contributed by atoms with Gasteiger partial charge in [0.2, 0.25) is 10.0 Å². The zero-order chi connectivity index (χ0) is 36.0. The van der Waals surface area contributed by atoms with Gasteiger partial charge in [0.15, 0.2) is 23.5 Å². The van der Waals surface area contributed by atoms with Gasteiger partial charge in [0.05, 0.1) is 37.0 Å². The van der Waals surface area contributed by atoms with Crippen LogP contribution in [0.25, 0.3) is 5.65 Å². The van der Waals surface area contributed by atoms with Crippen molar-refractivity contribution in [2.45, 2.75) is 69.7 Å². The Hall–Kier alpha value is -4.95. The van der Waals surface area contributed by atoms with Crippen LogP contribution in [0.15, 0.2) is 66.9 Å². The number of hydrogen-bond donors (Lipinski definition) is 3. The molecule has 50 heavy (non-hydrogen) atoms. The summed E-state index contributed by atoms with van der Waals surface area (Å²) in [5, 5.41) is 14.5. The van der Waals surface area contributed by atoms with E-state index in [1.165, 1.54) is 7.11 Å². The van der Waals surface area contributed by atoms with Crippen molar-refractivity contribution in [3.8, 4) is 11.5 Å². The summed E-state index contributed by atoms with van der Waals surface area (Å²) in [7, 11) is -0.183. The molecule has 1 fully saturated rings. The van der Waals surface area contributed by atoms with Crippen molar-refractivity contribution < 1.29 is 27.5 Å². The van der Waals surface area contributed by atoms with Gasteiger partial charge >= 0.3 is 6.03 Å². The number of carbonyl (C=O) groups excluding carboxylic acids is 2. The van der Waals surface area contributed by atoms with Crippen LogP contribution < -0.4 is 24.8 Å². The molecule has 2 aromatic carbocycles. The zero-order valence-corrected chi connectivity index (χ0v) is 30.0. The number of sulfonamides is 1. The predicted molar refractivity (Wildman–Crippen MR) is 191 cm³/mol. The molecular weight excluding hydrogens is 659 g/mol. The number of aromatic nitrogens is 3. The number of hydrogen-bond acceptors (Lipinski definition) is 9. The number of aldehydes is 1. The van der Waals surface area contributed by atoms with Gasteiger partial charge in [0.1, 0.15) is 17.4 Å². The fraction of sp³-hybridized carbons (Fsp3) is 0.389. The van der Waals surface area contributed by atoms with E-state index in [9.17, 15) is 18.0 Å². The highest BCUT2D eigenvalue weighted by Crippen LogP contribution is 2.41. The van der Waals surface area contributed by atoms with Crippen molar-refractivity contribution in [1.29, 1.82) is 0 Å². The molecule has 13 nitrogen and oxygen atoms in total. The summed E-state index contributed by atoms with van der Waals surface area (Å²) in [5.41, 5.74) is 1.17. The third-order valence-electron chi connectivity index (χ3n) is 9.46. The number of likely N-dealkylation sites (tertiary alicyclic amines) is 1. The average molecular weight is 702 g/mol. The first-order chi connectivity index (χ1) is 23.6. The summed E-state index contributed by atoms with van der Waals surface area (Å²) in [6, 6.07) is 14.3. The van der Waals surface area contributed by atoms with Gasteiger partial charge in [0.25, 0.3) is 0 Å². The molecule has 0 bridgehead atoms. The van der Waals surface area contributed by atoms with E-state index in [0.29, 0.717) is 29.2 Å². The first-order valence-electron chi connectivity index (χ1n) is 16.4. The molecule has 14 heteroatoms. The van der Waals surface area contributed by atoms with Gasteiger partial charge in [-0.2, -0.15) is 0 Å². The number of benzene rings is 2. The van der Waals surface area contributed by atoms with Crippen molar-refractivity contribution in [1.82, 2.24) is 24.8 Å². The summed E-state index contributed by atoms with van der Waals surface area (Å²) in [4.78, 5) is 28.9. The smallest absolute Gasteiger partial charge is 0.320 e. The van der Waals surface area contributed by atoms with Crippen molar-refractivity contribution in [3.05, 3.63) is 89.4 Å². The lowest BCUT2D eigenvalue weighted by molar-refractivity contribution is -0.111. The third kappa shape index (κ3) is 6.77. The Morgan fingerprint density at radius 1 is 1.08 bits per heavy atom. The Morgan fingerprint density at radius 3 is 2.48 bits per heavy atom. The second kappa shape index (κ2) is 13.1. The molecule has 2 amide bonds. The summed E-state index contributed by atoms with van der Waals surface area (Å²) >= 11 is 0. The topological polar surface area (TPSA) is 156 Å². The minimum atomic E-state index is -3.67. The number of fused-ring (bicyclic) bond motifs is 2. The molecule has 0 saturated carbocycles. The van der Waals surface area contributed by atoms with E-state index in [2.05, 4.69) is 44.4 Å². The van der Waals surface area contributed by atoms with Crippen LogP contribution in [0.5, 0.6) is 11.5 Å². The van der Waals surface area contributed by atoms with E-state index in [4.69, 9.17) is 9.47 Å². The minimum absolute atomic E-state index is 0.120. The first kappa shape index (κ1) is 34.9. The number of rotatable bonds is 9. The number of nitrogens with zero attached hydrogens (tertiary/aromatic N) is 4. The Labute approximate surface area is 292 Å². The maximum Gasteiger partial charge on any atom is 0.320 e. The fourth-order valence-electron chi connectivity index (χ4n) is 6.65. The average Bonchev–Trinajstić information content (AvgIpc) is 3.62. The lowest BCUT2D eigenvalue weighted by Crippen LogP contribution is -2.49. The number of pyridine rings is 1. The van der Waals surface area contributed by atoms with E-state index < -0.39 is 33.1 Å². The van der Waals surface area contributed by atoms with E-state index in [-0.39, 0.29) is 23.2 Å². The minimum Gasteiger partial charge on any atom is -0.492 e. The predicted octanol–water partition coefficient (Wildman–Crippen LogP) is 5.47.